The first kappa shape index (κ1) is 15.7. The first-order chi connectivity index (χ1) is 10.2. The summed E-state index contributed by atoms with van der Waals surface area (Å²) < 4.78 is 1.87. The van der Waals surface area contributed by atoms with Crippen LogP contribution >= 0.6 is 0 Å². The fraction of sp³-hybridized carbons (Fsp3) is 0.167. The zero-order valence-electron chi connectivity index (χ0n) is 11.9. The van der Waals surface area contributed by atoms with Gasteiger partial charge in [0.25, 0.3) is 0 Å². The van der Waals surface area contributed by atoms with Crippen LogP contribution in [-0.4, -0.2) is 32.0 Å². The van der Waals surface area contributed by atoms with Gasteiger partial charge >= 0.3 is 131 Å². The van der Waals surface area contributed by atoms with E-state index in [2.05, 4.69) is 0 Å². The molecule has 0 saturated heterocycles. The van der Waals surface area contributed by atoms with Crippen LogP contribution in [0.3, 0.4) is 0 Å². The van der Waals surface area contributed by atoms with Gasteiger partial charge in [-0.1, -0.05) is 0 Å². The van der Waals surface area contributed by atoms with Crippen LogP contribution in [0, 0.1) is 0 Å². The van der Waals surface area contributed by atoms with Gasteiger partial charge in [-0.05, 0) is 0 Å². The molecule has 3 heteroatoms. The molecule has 2 aromatic rings. The molecular weight excluding hydrogens is 327 g/mol. The summed E-state index contributed by atoms with van der Waals surface area (Å²) in [5.41, 5.74) is 1.16. The van der Waals surface area contributed by atoms with Crippen molar-refractivity contribution in [3.8, 4) is 0 Å². The van der Waals surface area contributed by atoms with E-state index in [0.29, 0.717) is 6.42 Å². The molecule has 1 N–H and O–H groups in total. The summed E-state index contributed by atoms with van der Waals surface area (Å²) in [4.78, 5) is 12.2. The Morgan fingerprint density at radius 3 is 2.24 bits per heavy atom. The van der Waals surface area contributed by atoms with Gasteiger partial charge in [-0.15, -0.1) is 0 Å². The molecule has 1 atom stereocenters. The second kappa shape index (κ2) is 7.94. The average molecular weight is 345 g/mol. The van der Waals surface area contributed by atoms with E-state index in [1.807, 2.05) is 66.7 Å². The topological polar surface area (TPSA) is 37.3 Å². The molecule has 0 aliphatic carbocycles. The monoisotopic (exact) mass is 346 g/mol. The van der Waals surface area contributed by atoms with Crippen molar-refractivity contribution in [2.75, 3.05) is 0 Å². The first-order valence-corrected chi connectivity index (χ1v) is 8.57. The molecule has 0 spiro atoms. The van der Waals surface area contributed by atoms with E-state index in [1.165, 1.54) is 6.92 Å². The number of rotatable bonds is 6. The Morgan fingerprint density at radius 1 is 1.10 bits per heavy atom. The minimum atomic E-state index is -0.947. The number of aliphatic hydroxyl groups is 1. The molecule has 1 unspecified atom stereocenters. The van der Waals surface area contributed by atoms with Crippen LogP contribution < -0.4 is 4.46 Å². The van der Waals surface area contributed by atoms with Crippen LogP contribution in [-0.2, 0) is 11.2 Å². The number of carbonyl (C=O) groups excluding carboxylic acids is 1. The van der Waals surface area contributed by atoms with Gasteiger partial charge in [0.05, 0.1) is 0 Å². The van der Waals surface area contributed by atoms with Crippen molar-refractivity contribution in [2.45, 2.75) is 19.4 Å². The maximum absolute atomic E-state index is 12.2. The summed E-state index contributed by atoms with van der Waals surface area (Å²) in [5, 5.41) is 9.59. The van der Waals surface area contributed by atoms with E-state index in [9.17, 15) is 9.90 Å². The number of hydrogen-bond donors (Lipinski definition) is 1. The van der Waals surface area contributed by atoms with Gasteiger partial charge in [0.15, 0.2) is 0 Å². The third-order valence-electron chi connectivity index (χ3n) is 2.96. The first-order valence-electron chi connectivity index (χ1n) is 6.86. The molecule has 0 fully saturated rings. The Bertz CT molecular complexity index is 604. The number of aliphatic hydroxyl groups excluding tert-OH is 1. The molecule has 2 rings (SSSR count). The minimum absolute atomic E-state index is 0.0793. The maximum atomic E-state index is 12.2. The van der Waals surface area contributed by atoms with Gasteiger partial charge in [-0.2, -0.15) is 0 Å². The standard InChI is InChI=1S/C18H18O2Se/c1-14(19)18(20)17(21-16-10-6-3-7-11-16)13-12-15-8-4-2-5-9-15/h2-11,13-14,19H,12H2,1H3. The zero-order chi connectivity index (χ0) is 15.1. The fourth-order valence-electron chi connectivity index (χ4n) is 1.84. The second-order valence-electron chi connectivity index (χ2n) is 4.71. The molecule has 2 aromatic carbocycles. The van der Waals surface area contributed by atoms with Crippen molar-refractivity contribution < 1.29 is 9.90 Å². The van der Waals surface area contributed by atoms with Crippen molar-refractivity contribution >= 4 is 25.2 Å². The Morgan fingerprint density at radius 2 is 1.67 bits per heavy atom. The average Bonchev–Trinajstić information content (AvgIpc) is 2.52. The van der Waals surface area contributed by atoms with E-state index >= 15 is 0 Å². The molecule has 0 bridgehead atoms. The molecular formula is C18H18O2Se. The van der Waals surface area contributed by atoms with E-state index in [4.69, 9.17) is 0 Å². The third-order valence-corrected chi connectivity index (χ3v) is 5.26. The molecule has 0 amide bonds. The quantitative estimate of drug-likeness (QED) is 0.643. The van der Waals surface area contributed by atoms with Crippen LogP contribution in [0.15, 0.2) is 71.2 Å². The molecule has 0 aliphatic heterocycles. The van der Waals surface area contributed by atoms with Gasteiger partial charge in [0, 0.05) is 0 Å². The van der Waals surface area contributed by atoms with Crippen LogP contribution in [0.4, 0.5) is 0 Å². The normalized spacial score (nSPS) is 13.0. The summed E-state index contributed by atoms with van der Waals surface area (Å²) in [6, 6.07) is 20.0. The molecule has 0 heterocycles. The molecule has 21 heavy (non-hydrogen) atoms. The summed E-state index contributed by atoms with van der Waals surface area (Å²) in [6.45, 7) is 1.53. The van der Waals surface area contributed by atoms with Gasteiger partial charge in [-0.25, -0.2) is 0 Å². The van der Waals surface area contributed by atoms with Gasteiger partial charge in [0.1, 0.15) is 0 Å². The summed E-state index contributed by atoms with van der Waals surface area (Å²) in [5.74, 6) is -0.171. The van der Waals surface area contributed by atoms with Crippen LogP contribution in [0.5, 0.6) is 0 Å². The zero-order valence-corrected chi connectivity index (χ0v) is 13.6. The van der Waals surface area contributed by atoms with E-state index in [0.717, 1.165) is 14.5 Å². The number of ketones is 1. The van der Waals surface area contributed by atoms with E-state index in [-0.39, 0.29) is 20.7 Å². The van der Waals surface area contributed by atoms with E-state index < -0.39 is 6.10 Å². The van der Waals surface area contributed by atoms with Gasteiger partial charge < -0.3 is 0 Å². The summed E-state index contributed by atoms with van der Waals surface area (Å²) >= 11 is -0.0793. The predicted molar refractivity (Wildman–Crippen MR) is 86.7 cm³/mol. The van der Waals surface area contributed by atoms with Crippen molar-refractivity contribution in [3.05, 3.63) is 76.8 Å². The number of Topliss-reactive ketones (excluding diaryl/α,β-unsaturated/α-hetero) is 1. The number of carbonyl (C=O) groups is 1. The van der Waals surface area contributed by atoms with Gasteiger partial charge in [-0.3, -0.25) is 0 Å². The fourth-order valence-corrected chi connectivity index (χ4v) is 3.91. The Hall–Kier alpha value is -1.67. The second-order valence-corrected chi connectivity index (χ2v) is 7.05. The SMILES string of the molecule is CC(O)C(=O)C(=CCc1ccccc1)[Se]c1ccccc1. The van der Waals surface area contributed by atoms with Crippen molar-refractivity contribution in [2.24, 2.45) is 0 Å². The molecule has 2 nitrogen and oxygen atoms in total. The number of hydrogen-bond acceptors (Lipinski definition) is 2. The number of allylic oxidation sites excluding steroid dienone is 1. The van der Waals surface area contributed by atoms with Crippen LogP contribution in [0.1, 0.15) is 12.5 Å². The molecule has 0 aromatic heterocycles. The third kappa shape index (κ3) is 4.98. The molecule has 108 valence electrons. The Kier molecular flexibility index (Phi) is 5.94. The predicted octanol–water partition coefficient (Wildman–Crippen LogP) is 2.09. The Balaban J connectivity index is 2.18. The molecule has 0 aliphatic rings. The number of benzene rings is 2. The molecule has 0 radical (unpaired) electrons. The molecule has 0 saturated carbocycles. The van der Waals surface area contributed by atoms with E-state index in [1.54, 1.807) is 0 Å². The summed E-state index contributed by atoms with van der Waals surface area (Å²) in [6.07, 6.45) is 1.72. The van der Waals surface area contributed by atoms with Gasteiger partial charge in [0.2, 0.25) is 0 Å². The Labute approximate surface area is 131 Å². The summed E-state index contributed by atoms with van der Waals surface area (Å²) in [7, 11) is 0. The van der Waals surface area contributed by atoms with Crippen molar-refractivity contribution in [1.29, 1.82) is 0 Å². The van der Waals surface area contributed by atoms with Crippen molar-refractivity contribution in [3.63, 3.8) is 0 Å². The van der Waals surface area contributed by atoms with Crippen molar-refractivity contribution in [1.82, 2.24) is 0 Å². The van der Waals surface area contributed by atoms with Crippen LogP contribution in [0.25, 0.3) is 0 Å². The van der Waals surface area contributed by atoms with Crippen LogP contribution in [0.2, 0.25) is 0 Å².